The van der Waals surface area contributed by atoms with E-state index in [-0.39, 0.29) is 6.04 Å². The van der Waals surface area contributed by atoms with Crippen molar-refractivity contribution in [1.29, 1.82) is 0 Å². The van der Waals surface area contributed by atoms with E-state index in [9.17, 15) is 0 Å². The minimum atomic E-state index is -0.0122. The average molecular weight is 291 g/mol. The maximum absolute atomic E-state index is 6.19. The lowest BCUT2D eigenvalue weighted by Crippen LogP contribution is -2.14. The molecule has 2 aromatic rings. The Labute approximate surface area is 110 Å². The number of aromatic nitrogens is 1. The van der Waals surface area contributed by atoms with Gasteiger partial charge in [-0.15, -0.1) is 0 Å². The fraction of sp³-hybridized carbons (Fsp3) is 0.214. The highest BCUT2D eigenvalue weighted by molar-refractivity contribution is 9.10. The summed E-state index contributed by atoms with van der Waals surface area (Å²) in [5.74, 6) is 0. The SMILES string of the molecule is Cc1ccc(C(N)Cc2ccccc2Br)cn1. The maximum Gasteiger partial charge on any atom is 0.0372 e. The molecule has 0 amide bonds. The second kappa shape index (κ2) is 5.43. The molecule has 1 heterocycles. The molecular weight excluding hydrogens is 276 g/mol. The highest BCUT2D eigenvalue weighted by Gasteiger charge is 2.09. The van der Waals surface area contributed by atoms with E-state index in [1.165, 1.54) is 5.56 Å². The Bertz CT molecular complexity index is 494. The highest BCUT2D eigenvalue weighted by Crippen LogP contribution is 2.22. The van der Waals surface area contributed by atoms with Crippen molar-refractivity contribution in [1.82, 2.24) is 4.98 Å². The molecule has 2 nitrogen and oxygen atoms in total. The molecule has 2 N–H and O–H groups in total. The predicted molar refractivity (Wildman–Crippen MR) is 73.7 cm³/mol. The zero-order chi connectivity index (χ0) is 12.3. The van der Waals surface area contributed by atoms with Crippen molar-refractivity contribution in [3.05, 3.63) is 63.9 Å². The second-order valence-corrected chi connectivity index (χ2v) is 4.99. The zero-order valence-corrected chi connectivity index (χ0v) is 11.3. The van der Waals surface area contributed by atoms with Crippen molar-refractivity contribution in [3.63, 3.8) is 0 Å². The predicted octanol–water partition coefficient (Wildman–Crippen LogP) is 3.40. The van der Waals surface area contributed by atoms with Crippen LogP contribution in [0.4, 0.5) is 0 Å². The lowest BCUT2D eigenvalue weighted by atomic mass is 10.0. The molecule has 1 aromatic heterocycles. The summed E-state index contributed by atoms with van der Waals surface area (Å²) in [5, 5.41) is 0. The van der Waals surface area contributed by atoms with Gasteiger partial charge < -0.3 is 5.73 Å². The Hall–Kier alpha value is -1.19. The molecule has 0 bridgehead atoms. The minimum Gasteiger partial charge on any atom is -0.324 e. The van der Waals surface area contributed by atoms with Gasteiger partial charge in [-0.3, -0.25) is 4.98 Å². The molecule has 1 unspecified atom stereocenters. The number of aryl methyl sites for hydroxylation is 1. The van der Waals surface area contributed by atoms with Crippen LogP contribution in [0.2, 0.25) is 0 Å². The topological polar surface area (TPSA) is 38.9 Å². The molecule has 0 saturated carbocycles. The van der Waals surface area contributed by atoms with Crippen molar-refractivity contribution in [2.75, 3.05) is 0 Å². The number of benzene rings is 1. The van der Waals surface area contributed by atoms with E-state index in [0.717, 1.165) is 22.2 Å². The van der Waals surface area contributed by atoms with Crippen LogP contribution in [0.3, 0.4) is 0 Å². The van der Waals surface area contributed by atoms with Crippen LogP contribution >= 0.6 is 15.9 Å². The van der Waals surface area contributed by atoms with Crippen molar-refractivity contribution < 1.29 is 0 Å². The molecule has 0 aliphatic rings. The Morgan fingerprint density at radius 1 is 1.24 bits per heavy atom. The number of nitrogens with two attached hydrogens (primary N) is 1. The van der Waals surface area contributed by atoms with Gasteiger partial charge in [0, 0.05) is 22.4 Å². The number of rotatable bonds is 3. The van der Waals surface area contributed by atoms with E-state index in [1.807, 2.05) is 43.5 Å². The molecule has 17 heavy (non-hydrogen) atoms. The molecule has 2 rings (SSSR count). The molecular formula is C14H15BrN2. The summed E-state index contributed by atoms with van der Waals surface area (Å²) in [6.45, 7) is 1.98. The van der Waals surface area contributed by atoms with E-state index in [1.54, 1.807) is 0 Å². The average Bonchev–Trinajstić information content (AvgIpc) is 2.33. The van der Waals surface area contributed by atoms with Gasteiger partial charge in [0.1, 0.15) is 0 Å². The first-order valence-electron chi connectivity index (χ1n) is 5.58. The summed E-state index contributed by atoms with van der Waals surface area (Å²) >= 11 is 3.54. The van der Waals surface area contributed by atoms with E-state index >= 15 is 0 Å². The van der Waals surface area contributed by atoms with Crippen LogP contribution in [0.5, 0.6) is 0 Å². The van der Waals surface area contributed by atoms with Gasteiger partial charge in [0.15, 0.2) is 0 Å². The highest BCUT2D eigenvalue weighted by atomic mass is 79.9. The maximum atomic E-state index is 6.19. The first-order chi connectivity index (χ1) is 8.16. The van der Waals surface area contributed by atoms with Crippen molar-refractivity contribution in [3.8, 4) is 0 Å². The summed E-state index contributed by atoms with van der Waals surface area (Å²) in [5.41, 5.74) is 9.50. The second-order valence-electron chi connectivity index (χ2n) is 4.13. The third-order valence-corrected chi connectivity index (χ3v) is 3.53. The van der Waals surface area contributed by atoms with Crippen LogP contribution in [0.25, 0.3) is 0 Å². The molecule has 1 aromatic carbocycles. The normalized spacial score (nSPS) is 12.4. The van der Waals surface area contributed by atoms with E-state index in [2.05, 4.69) is 27.0 Å². The van der Waals surface area contributed by atoms with Crippen LogP contribution in [-0.2, 0) is 6.42 Å². The van der Waals surface area contributed by atoms with Gasteiger partial charge in [0.05, 0.1) is 0 Å². The first kappa shape index (κ1) is 12.3. The van der Waals surface area contributed by atoms with Gasteiger partial charge >= 0.3 is 0 Å². The molecule has 1 atom stereocenters. The number of nitrogens with zero attached hydrogens (tertiary/aromatic N) is 1. The fourth-order valence-electron chi connectivity index (χ4n) is 1.72. The molecule has 0 aliphatic carbocycles. The lowest BCUT2D eigenvalue weighted by molar-refractivity contribution is 0.715. The zero-order valence-electron chi connectivity index (χ0n) is 9.73. The molecule has 0 aliphatic heterocycles. The van der Waals surface area contributed by atoms with Crippen LogP contribution < -0.4 is 5.73 Å². The number of halogens is 1. The monoisotopic (exact) mass is 290 g/mol. The van der Waals surface area contributed by atoms with Gasteiger partial charge in [0.2, 0.25) is 0 Å². The van der Waals surface area contributed by atoms with Crippen molar-refractivity contribution in [2.45, 2.75) is 19.4 Å². The number of hydrogen-bond donors (Lipinski definition) is 1. The summed E-state index contributed by atoms with van der Waals surface area (Å²) in [6, 6.07) is 12.2. The molecule has 0 spiro atoms. The number of hydrogen-bond acceptors (Lipinski definition) is 2. The van der Waals surface area contributed by atoms with E-state index < -0.39 is 0 Å². The standard InChI is InChI=1S/C14H15BrN2/c1-10-6-7-12(9-17-10)14(16)8-11-4-2-3-5-13(11)15/h2-7,9,14H,8,16H2,1H3. The van der Waals surface area contributed by atoms with E-state index in [0.29, 0.717) is 0 Å². The lowest BCUT2D eigenvalue weighted by Gasteiger charge is -2.13. The van der Waals surface area contributed by atoms with Crippen LogP contribution in [-0.4, -0.2) is 4.98 Å². The van der Waals surface area contributed by atoms with Crippen LogP contribution in [0, 0.1) is 6.92 Å². The summed E-state index contributed by atoms with van der Waals surface area (Å²) < 4.78 is 1.11. The largest absolute Gasteiger partial charge is 0.324 e. The van der Waals surface area contributed by atoms with Gasteiger partial charge in [0.25, 0.3) is 0 Å². The molecule has 0 radical (unpaired) electrons. The summed E-state index contributed by atoms with van der Waals surface area (Å²) in [4.78, 5) is 4.27. The Kier molecular flexibility index (Phi) is 3.92. The van der Waals surface area contributed by atoms with E-state index in [4.69, 9.17) is 5.73 Å². The Morgan fingerprint density at radius 3 is 2.65 bits per heavy atom. The smallest absolute Gasteiger partial charge is 0.0372 e. The summed E-state index contributed by atoms with van der Waals surface area (Å²) in [6.07, 6.45) is 2.67. The minimum absolute atomic E-state index is 0.0122. The molecule has 0 saturated heterocycles. The van der Waals surface area contributed by atoms with Gasteiger partial charge in [-0.2, -0.15) is 0 Å². The Morgan fingerprint density at radius 2 is 2.00 bits per heavy atom. The quantitative estimate of drug-likeness (QED) is 0.941. The first-order valence-corrected chi connectivity index (χ1v) is 6.37. The molecule has 88 valence electrons. The van der Waals surface area contributed by atoms with Gasteiger partial charge in [-0.1, -0.05) is 40.2 Å². The van der Waals surface area contributed by atoms with Crippen molar-refractivity contribution in [2.24, 2.45) is 5.73 Å². The fourth-order valence-corrected chi connectivity index (χ4v) is 2.16. The van der Waals surface area contributed by atoms with Crippen LogP contribution in [0.1, 0.15) is 22.9 Å². The van der Waals surface area contributed by atoms with Crippen molar-refractivity contribution >= 4 is 15.9 Å². The van der Waals surface area contributed by atoms with Gasteiger partial charge in [-0.25, -0.2) is 0 Å². The van der Waals surface area contributed by atoms with Gasteiger partial charge in [-0.05, 0) is 36.6 Å². The third kappa shape index (κ3) is 3.14. The van der Waals surface area contributed by atoms with Crippen LogP contribution in [0.15, 0.2) is 47.1 Å². The third-order valence-electron chi connectivity index (χ3n) is 2.76. The summed E-state index contributed by atoms with van der Waals surface area (Å²) in [7, 11) is 0. The molecule has 3 heteroatoms. The molecule has 0 fully saturated rings. The number of pyridine rings is 1. The Balaban J connectivity index is 2.14.